The summed E-state index contributed by atoms with van der Waals surface area (Å²) in [6.45, 7) is 0. The van der Waals surface area contributed by atoms with E-state index in [-0.39, 0.29) is 0 Å². The molecule has 22 aromatic carbocycles. The van der Waals surface area contributed by atoms with Crippen molar-refractivity contribution >= 4 is 121 Å². The molecule has 0 saturated heterocycles. The van der Waals surface area contributed by atoms with Gasteiger partial charge in [-0.15, -0.1) is 0 Å². The van der Waals surface area contributed by atoms with Crippen LogP contribution in [0.1, 0.15) is 0 Å². The van der Waals surface area contributed by atoms with Crippen molar-refractivity contribution in [2.24, 2.45) is 0 Å². The van der Waals surface area contributed by atoms with Crippen LogP contribution in [0.4, 0.5) is 34.1 Å². The number of hydrogen-bond donors (Lipinski definition) is 0. The second-order valence-electron chi connectivity index (χ2n) is 33.4. The molecule has 0 radical (unpaired) electrons. The van der Waals surface area contributed by atoms with Gasteiger partial charge in [0.05, 0.1) is 22.1 Å². The zero-order valence-electron chi connectivity index (χ0n) is 70.1. The Morgan fingerprint density at radius 1 is 0.141 bits per heavy atom. The van der Waals surface area contributed by atoms with Crippen molar-refractivity contribution in [3.05, 3.63) is 497 Å². The van der Waals surface area contributed by atoms with Gasteiger partial charge in [0.2, 0.25) is 0 Å². The normalized spacial score (nSPS) is 11.6. The van der Waals surface area contributed by atoms with E-state index in [0.717, 1.165) is 107 Å². The minimum absolute atomic E-state index is 1.05. The van der Waals surface area contributed by atoms with E-state index in [1.807, 2.05) is 0 Å². The van der Waals surface area contributed by atoms with Gasteiger partial charge >= 0.3 is 0 Å². The van der Waals surface area contributed by atoms with E-state index in [1.54, 1.807) is 0 Å². The zero-order chi connectivity index (χ0) is 84.5. The summed E-state index contributed by atoms with van der Waals surface area (Å²) in [5.41, 5.74) is 34.2. The molecular formula is C124H82N4. The van der Waals surface area contributed by atoms with E-state index < -0.39 is 0 Å². The van der Waals surface area contributed by atoms with E-state index in [2.05, 4.69) is 516 Å². The van der Waals surface area contributed by atoms with Crippen molar-refractivity contribution in [1.82, 2.24) is 9.13 Å². The van der Waals surface area contributed by atoms with Crippen molar-refractivity contribution in [3.63, 3.8) is 0 Å². The predicted molar refractivity (Wildman–Crippen MR) is 543 cm³/mol. The Kier molecular flexibility index (Phi) is 18.6. The lowest BCUT2D eigenvalue weighted by Crippen LogP contribution is -2.10. The lowest BCUT2D eigenvalue weighted by molar-refractivity contribution is 1.19. The third kappa shape index (κ3) is 13.3. The Balaban J connectivity index is 0.574. The number of aromatic nitrogens is 2. The molecule has 0 atom stereocenters. The fourth-order valence-electron chi connectivity index (χ4n) is 20.0. The average Bonchev–Trinajstić information content (AvgIpc) is 1.58. The number of fused-ring (bicyclic) bond motifs is 12. The Bertz CT molecular complexity index is 8300. The molecule has 0 unspecified atom stereocenters. The topological polar surface area (TPSA) is 16.3 Å². The van der Waals surface area contributed by atoms with E-state index in [9.17, 15) is 0 Å². The van der Waals surface area contributed by atoms with Crippen molar-refractivity contribution in [2.75, 3.05) is 9.80 Å². The molecule has 2 heterocycles. The molecule has 0 aliphatic rings. The molecule has 0 spiro atoms. The van der Waals surface area contributed by atoms with Gasteiger partial charge in [-0.25, -0.2) is 0 Å². The molecule has 0 amide bonds. The van der Waals surface area contributed by atoms with Crippen molar-refractivity contribution in [1.29, 1.82) is 0 Å². The Hall–Kier alpha value is -16.9. The first-order chi connectivity index (χ1) is 63.5. The molecule has 0 aliphatic heterocycles. The van der Waals surface area contributed by atoms with Gasteiger partial charge in [0.15, 0.2) is 0 Å². The van der Waals surface area contributed by atoms with E-state index in [1.165, 1.54) is 126 Å². The molecule has 24 rings (SSSR count). The number of para-hydroxylation sites is 1. The second kappa shape index (κ2) is 31.8. The number of rotatable bonds is 17. The van der Waals surface area contributed by atoms with Gasteiger partial charge in [-0.3, -0.25) is 0 Å². The highest BCUT2D eigenvalue weighted by atomic mass is 15.1. The first-order valence-electron chi connectivity index (χ1n) is 44.1. The van der Waals surface area contributed by atoms with Crippen LogP contribution in [0.3, 0.4) is 0 Å². The lowest BCUT2D eigenvalue weighted by atomic mass is 9.94. The summed E-state index contributed by atoms with van der Waals surface area (Å²) in [4.78, 5) is 4.85. The molecule has 0 aliphatic carbocycles. The van der Waals surface area contributed by atoms with E-state index in [4.69, 9.17) is 0 Å². The maximum Gasteiger partial charge on any atom is 0.0619 e. The number of anilines is 6. The van der Waals surface area contributed by atoms with Crippen LogP contribution in [0, 0.1) is 0 Å². The highest BCUT2D eigenvalue weighted by Crippen LogP contribution is 2.49. The third-order valence-electron chi connectivity index (χ3n) is 26.0. The Morgan fingerprint density at radius 2 is 0.445 bits per heavy atom. The summed E-state index contributed by atoms with van der Waals surface area (Å²) in [7, 11) is 0. The maximum absolute atomic E-state index is 2.50. The standard InChI is InChI=1S/C124H82N4/c1-5-25-83(26-6-1)86-51-53-87(54-52-86)88-55-66-102(67-56-88)125(103-70-59-93(60-71-103)110-45-21-34-90-31-13-16-42-109(90)110)106-40-19-35-97(79-106)113-48-24-50-120-122(113)118-76-64-92-33-15-18-44-116(92)124(118)128(120)105-68-57-89(58-69-105)95-65-74-112-96(77-95)37-22-46-111(112)94-61-72-104(73-62-94)126(108-81-99(84-27-7-2-8-28-84)78-100(82-108)85-29-9-3-10-30-85)107-41-20-36-98(80-107)114-47-23-49-119-121(114)117-75-63-91-32-14-17-43-115(91)123(117)127(119)101-38-11-4-12-39-101/h1-82H. The number of hydrogen-bond acceptors (Lipinski definition) is 2. The van der Waals surface area contributed by atoms with Gasteiger partial charge in [-0.2, -0.15) is 0 Å². The van der Waals surface area contributed by atoms with Gasteiger partial charge in [-0.05, 0) is 254 Å². The summed E-state index contributed by atoms with van der Waals surface area (Å²) in [6, 6.07) is 183. The largest absolute Gasteiger partial charge is 0.310 e. The Labute approximate surface area is 743 Å². The van der Waals surface area contributed by atoms with Gasteiger partial charge in [0, 0.05) is 77.8 Å². The monoisotopic (exact) mass is 1630 g/mol. The predicted octanol–water partition coefficient (Wildman–Crippen LogP) is 34.4. The molecule has 24 aromatic rings. The number of benzene rings is 22. The van der Waals surface area contributed by atoms with Crippen molar-refractivity contribution < 1.29 is 0 Å². The summed E-state index contributed by atoms with van der Waals surface area (Å²) >= 11 is 0. The summed E-state index contributed by atoms with van der Waals surface area (Å²) < 4.78 is 4.96. The molecule has 128 heavy (non-hydrogen) atoms. The van der Waals surface area contributed by atoms with Crippen LogP contribution in [-0.2, 0) is 0 Å². The highest BCUT2D eigenvalue weighted by molar-refractivity contribution is 6.24. The first kappa shape index (κ1) is 74.9. The maximum atomic E-state index is 2.50. The molecule has 0 saturated carbocycles. The van der Waals surface area contributed by atoms with Crippen molar-refractivity contribution in [3.8, 4) is 112 Å². The molecule has 0 fully saturated rings. The van der Waals surface area contributed by atoms with E-state index in [0.29, 0.717) is 0 Å². The van der Waals surface area contributed by atoms with Crippen LogP contribution >= 0.6 is 0 Å². The van der Waals surface area contributed by atoms with Crippen LogP contribution < -0.4 is 9.80 Å². The SMILES string of the molecule is c1ccc(-c2ccc(-c3ccc(N(c4ccc(-c5cccc6ccccc56)cc4)c4cccc(-c5cccc6c5c5ccc7ccccc7c5n6-c5ccc(-c6ccc7c(-c8ccc(N(c9cc(-c%10ccccc%10)cc(-c%10ccccc%10)c9)c9cccc(-c%10cccc%11c%10c%10ccc%12ccccc%12c%10n%11-c%10ccccc%10)c9)cc8)cccc7c6)cc5)c4)cc3)cc2)cc1. The van der Waals surface area contributed by atoms with Crippen LogP contribution in [-0.4, -0.2) is 9.13 Å². The van der Waals surface area contributed by atoms with Gasteiger partial charge < -0.3 is 18.9 Å². The van der Waals surface area contributed by atoms with Gasteiger partial charge in [0.25, 0.3) is 0 Å². The fraction of sp³-hybridized carbons (Fsp3) is 0. The minimum atomic E-state index is 1.05. The minimum Gasteiger partial charge on any atom is -0.310 e. The molecule has 4 heteroatoms. The van der Waals surface area contributed by atoms with Gasteiger partial charge in [0.1, 0.15) is 0 Å². The summed E-state index contributed by atoms with van der Waals surface area (Å²) in [5, 5.41) is 14.5. The van der Waals surface area contributed by atoms with Crippen molar-refractivity contribution in [2.45, 2.75) is 0 Å². The smallest absolute Gasteiger partial charge is 0.0619 e. The highest BCUT2D eigenvalue weighted by Gasteiger charge is 2.25. The molecule has 598 valence electrons. The summed E-state index contributed by atoms with van der Waals surface area (Å²) in [5.74, 6) is 0. The molecule has 4 nitrogen and oxygen atoms in total. The quantitative estimate of drug-likeness (QED) is 0.0903. The molecule has 2 aromatic heterocycles. The molecule has 0 N–H and O–H groups in total. The molecular weight excluding hydrogens is 1550 g/mol. The van der Waals surface area contributed by atoms with E-state index >= 15 is 0 Å². The fourth-order valence-corrected chi connectivity index (χ4v) is 20.0. The molecule has 0 bridgehead atoms. The Morgan fingerprint density at radius 3 is 0.930 bits per heavy atom. The lowest BCUT2D eigenvalue weighted by Gasteiger charge is -2.28. The number of nitrogens with zero attached hydrogens (tertiary/aromatic N) is 4. The summed E-state index contributed by atoms with van der Waals surface area (Å²) in [6.07, 6.45) is 0. The zero-order valence-corrected chi connectivity index (χ0v) is 70.1. The second-order valence-corrected chi connectivity index (χ2v) is 33.4. The first-order valence-corrected chi connectivity index (χ1v) is 44.1. The van der Waals surface area contributed by atoms with Crippen LogP contribution in [0.5, 0.6) is 0 Å². The van der Waals surface area contributed by atoms with Crippen LogP contribution in [0.25, 0.3) is 198 Å². The van der Waals surface area contributed by atoms with Crippen LogP contribution in [0.15, 0.2) is 497 Å². The van der Waals surface area contributed by atoms with Crippen LogP contribution in [0.2, 0.25) is 0 Å². The average molecular weight is 1630 g/mol. The third-order valence-corrected chi connectivity index (χ3v) is 26.0. The van der Waals surface area contributed by atoms with Gasteiger partial charge in [-0.1, -0.05) is 376 Å².